The van der Waals surface area contributed by atoms with Gasteiger partial charge in [-0.15, -0.1) is 5.10 Å². The Hall–Kier alpha value is -0.610. The zero-order valence-corrected chi connectivity index (χ0v) is 8.05. The average Bonchev–Trinajstić information content (AvgIpc) is 2.51. The van der Waals surface area contributed by atoms with Crippen molar-refractivity contribution in [3.63, 3.8) is 0 Å². The van der Waals surface area contributed by atoms with Gasteiger partial charge < -0.3 is 9.15 Å². The summed E-state index contributed by atoms with van der Waals surface area (Å²) in [5.41, 5.74) is -0.528. The number of rotatable bonds is 3. The molecule has 0 fully saturated rings. The van der Waals surface area contributed by atoms with E-state index < -0.39 is 5.60 Å². The quantitative estimate of drug-likeness (QED) is 0.732. The number of halogens is 1. The number of ether oxygens (including phenoxy) is 1. The highest BCUT2D eigenvalue weighted by Crippen LogP contribution is 2.27. The summed E-state index contributed by atoms with van der Waals surface area (Å²) >= 11 is 5.48. The van der Waals surface area contributed by atoms with Gasteiger partial charge in [0, 0.05) is 7.11 Å². The molecule has 1 aromatic heterocycles. The van der Waals surface area contributed by atoms with E-state index in [-0.39, 0.29) is 5.35 Å². The first-order valence-electron chi connectivity index (χ1n) is 3.67. The Morgan fingerprint density at radius 3 is 2.58 bits per heavy atom. The lowest BCUT2D eigenvalue weighted by molar-refractivity contribution is -0.0235. The van der Waals surface area contributed by atoms with Gasteiger partial charge in [0.2, 0.25) is 5.89 Å². The average molecular weight is 191 g/mol. The molecule has 1 heterocycles. The molecular weight excluding hydrogens is 180 g/mol. The van der Waals surface area contributed by atoms with Gasteiger partial charge in [-0.3, -0.25) is 0 Å². The minimum atomic E-state index is -0.528. The second-order valence-corrected chi connectivity index (χ2v) is 2.97. The number of aromatic nitrogens is 2. The summed E-state index contributed by atoms with van der Waals surface area (Å²) in [4.78, 5) is 0. The van der Waals surface area contributed by atoms with Gasteiger partial charge in [0.1, 0.15) is 5.60 Å². The molecule has 0 aromatic carbocycles. The smallest absolute Gasteiger partial charge is 0.312 e. The van der Waals surface area contributed by atoms with Gasteiger partial charge in [-0.1, -0.05) is 12.0 Å². The molecule has 12 heavy (non-hydrogen) atoms. The minimum Gasteiger partial charge on any atom is -0.409 e. The van der Waals surface area contributed by atoms with E-state index in [0.29, 0.717) is 5.89 Å². The molecule has 0 amide bonds. The normalized spacial score (nSPS) is 16.0. The fraction of sp³-hybridized carbons (Fsp3) is 0.714. The van der Waals surface area contributed by atoms with Crippen molar-refractivity contribution in [3.8, 4) is 0 Å². The summed E-state index contributed by atoms with van der Waals surface area (Å²) in [6.45, 7) is 3.85. The van der Waals surface area contributed by atoms with Crippen molar-refractivity contribution in [2.24, 2.45) is 0 Å². The van der Waals surface area contributed by atoms with E-state index >= 15 is 0 Å². The first-order valence-corrected chi connectivity index (χ1v) is 4.05. The molecule has 0 aliphatic rings. The van der Waals surface area contributed by atoms with Crippen LogP contribution in [0, 0.1) is 0 Å². The van der Waals surface area contributed by atoms with E-state index in [4.69, 9.17) is 20.8 Å². The van der Waals surface area contributed by atoms with E-state index in [0.717, 1.165) is 6.42 Å². The molecule has 0 aliphatic heterocycles. The van der Waals surface area contributed by atoms with Gasteiger partial charge in [-0.05, 0) is 24.9 Å². The van der Waals surface area contributed by atoms with Crippen molar-refractivity contribution in [2.45, 2.75) is 25.9 Å². The largest absolute Gasteiger partial charge is 0.409 e. The van der Waals surface area contributed by atoms with Gasteiger partial charge in [0.05, 0.1) is 0 Å². The van der Waals surface area contributed by atoms with Gasteiger partial charge >= 0.3 is 5.35 Å². The number of methoxy groups -OCH3 is 1. The monoisotopic (exact) mass is 190 g/mol. The van der Waals surface area contributed by atoms with Crippen LogP contribution in [0.3, 0.4) is 0 Å². The Balaban J connectivity index is 2.94. The van der Waals surface area contributed by atoms with Crippen LogP contribution in [0.5, 0.6) is 0 Å². The van der Waals surface area contributed by atoms with E-state index in [9.17, 15) is 0 Å². The predicted octanol–water partition coefficient (Wildman–Crippen LogP) is 1.99. The first-order chi connectivity index (χ1) is 5.62. The lowest BCUT2D eigenvalue weighted by atomic mass is 10.0. The van der Waals surface area contributed by atoms with Crippen LogP contribution in [-0.4, -0.2) is 17.3 Å². The van der Waals surface area contributed by atoms with Gasteiger partial charge in [-0.25, -0.2) is 0 Å². The minimum absolute atomic E-state index is 0.0433. The Morgan fingerprint density at radius 2 is 2.25 bits per heavy atom. The van der Waals surface area contributed by atoms with Crippen molar-refractivity contribution in [1.29, 1.82) is 0 Å². The molecule has 1 rings (SSSR count). The molecule has 68 valence electrons. The Morgan fingerprint density at radius 1 is 1.58 bits per heavy atom. The SMILES string of the molecule is CCC(C)(OC)c1nnc(Cl)o1. The van der Waals surface area contributed by atoms with E-state index in [1.165, 1.54) is 0 Å². The van der Waals surface area contributed by atoms with Crippen LogP contribution in [0.25, 0.3) is 0 Å². The molecule has 5 heteroatoms. The zero-order chi connectivity index (χ0) is 9.19. The van der Waals surface area contributed by atoms with E-state index in [2.05, 4.69) is 10.2 Å². The molecule has 0 saturated heterocycles. The number of nitrogens with zero attached hydrogens (tertiary/aromatic N) is 2. The predicted molar refractivity (Wildman–Crippen MR) is 44.0 cm³/mol. The van der Waals surface area contributed by atoms with E-state index in [1.807, 2.05) is 13.8 Å². The Kier molecular flexibility index (Phi) is 2.69. The van der Waals surface area contributed by atoms with Crippen LogP contribution in [0.1, 0.15) is 26.2 Å². The third-order valence-corrected chi connectivity index (χ3v) is 2.13. The maximum absolute atomic E-state index is 5.48. The molecule has 0 N–H and O–H groups in total. The topological polar surface area (TPSA) is 48.2 Å². The molecule has 0 spiro atoms. The summed E-state index contributed by atoms with van der Waals surface area (Å²) in [7, 11) is 1.60. The van der Waals surface area contributed by atoms with Gasteiger partial charge in [0.15, 0.2) is 0 Å². The second kappa shape index (κ2) is 3.41. The lowest BCUT2D eigenvalue weighted by Gasteiger charge is -2.21. The maximum atomic E-state index is 5.48. The van der Waals surface area contributed by atoms with Crippen molar-refractivity contribution in [2.75, 3.05) is 7.11 Å². The fourth-order valence-electron chi connectivity index (χ4n) is 0.802. The Labute approximate surface area is 75.9 Å². The molecular formula is C7H11ClN2O2. The van der Waals surface area contributed by atoms with Crippen LogP contribution in [0.15, 0.2) is 4.42 Å². The molecule has 0 radical (unpaired) electrons. The molecule has 0 bridgehead atoms. The number of hydrogen-bond acceptors (Lipinski definition) is 4. The zero-order valence-electron chi connectivity index (χ0n) is 7.30. The standard InChI is InChI=1S/C7H11ClN2O2/c1-4-7(2,11-3)5-9-10-6(8)12-5/h4H2,1-3H3. The van der Waals surface area contributed by atoms with Crippen molar-refractivity contribution >= 4 is 11.6 Å². The molecule has 0 aliphatic carbocycles. The lowest BCUT2D eigenvalue weighted by Crippen LogP contribution is -2.23. The third kappa shape index (κ3) is 1.59. The summed E-state index contributed by atoms with van der Waals surface area (Å²) in [5, 5.41) is 7.35. The number of hydrogen-bond donors (Lipinski definition) is 0. The summed E-state index contributed by atoms with van der Waals surface area (Å²) in [5.74, 6) is 0.414. The highest BCUT2D eigenvalue weighted by molar-refractivity contribution is 6.27. The highest BCUT2D eigenvalue weighted by atomic mass is 35.5. The van der Waals surface area contributed by atoms with Crippen molar-refractivity contribution < 1.29 is 9.15 Å². The maximum Gasteiger partial charge on any atom is 0.312 e. The summed E-state index contributed by atoms with van der Waals surface area (Å²) in [6.07, 6.45) is 0.752. The summed E-state index contributed by atoms with van der Waals surface area (Å²) in [6, 6.07) is 0. The Bertz CT molecular complexity index is 258. The van der Waals surface area contributed by atoms with Gasteiger partial charge in [-0.2, -0.15) is 0 Å². The highest BCUT2D eigenvalue weighted by Gasteiger charge is 2.30. The molecule has 1 aromatic rings. The molecule has 1 atom stereocenters. The van der Waals surface area contributed by atoms with E-state index in [1.54, 1.807) is 7.11 Å². The second-order valence-electron chi connectivity index (χ2n) is 2.65. The van der Waals surface area contributed by atoms with Crippen LogP contribution in [0.2, 0.25) is 5.35 Å². The molecule has 4 nitrogen and oxygen atoms in total. The first kappa shape index (κ1) is 9.48. The molecule has 0 saturated carbocycles. The fourth-order valence-corrected chi connectivity index (χ4v) is 0.913. The summed E-state index contributed by atoms with van der Waals surface area (Å²) < 4.78 is 10.3. The molecule has 1 unspecified atom stereocenters. The van der Waals surface area contributed by atoms with Gasteiger partial charge in [0.25, 0.3) is 0 Å². The van der Waals surface area contributed by atoms with Crippen LogP contribution >= 0.6 is 11.6 Å². The van der Waals surface area contributed by atoms with Crippen LogP contribution < -0.4 is 0 Å². The third-order valence-electron chi connectivity index (χ3n) is 1.98. The van der Waals surface area contributed by atoms with Crippen LogP contribution in [-0.2, 0) is 10.3 Å². The van der Waals surface area contributed by atoms with Crippen molar-refractivity contribution in [3.05, 3.63) is 11.2 Å². The van der Waals surface area contributed by atoms with Crippen LogP contribution in [0.4, 0.5) is 0 Å². The van der Waals surface area contributed by atoms with Crippen molar-refractivity contribution in [1.82, 2.24) is 10.2 Å².